The molecule has 0 unspecified atom stereocenters. The van der Waals surface area contributed by atoms with Crippen molar-refractivity contribution in [2.45, 2.75) is 24.3 Å². The van der Waals surface area contributed by atoms with Crippen molar-refractivity contribution in [2.24, 2.45) is 0 Å². The number of hydrogen-bond acceptors (Lipinski definition) is 6. The molecule has 1 fully saturated rings. The third kappa shape index (κ3) is 5.24. The summed E-state index contributed by atoms with van der Waals surface area (Å²) in [5.74, 6) is -0.360. The molecule has 2 aromatic carbocycles. The molecule has 0 spiro atoms. The Bertz CT molecular complexity index is 970. The normalized spacial score (nSPS) is 15.7. The van der Waals surface area contributed by atoms with Gasteiger partial charge >= 0.3 is 0 Å². The Morgan fingerprint density at radius 3 is 2.28 bits per heavy atom. The van der Waals surface area contributed by atoms with Gasteiger partial charge in [0.1, 0.15) is 11.9 Å². The Kier molecular flexibility index (Phi) is 6.35. The number of benzene rings is 2. The van der Waals surface area contributed by atoms with Crippen LogP contribution in [-0.2, 0) is 19.6 Å². The first-order chi connectivity index (χ1) is 13.9. The Balaban J connectivity index is 1.58. The SMILES string of the molecule is CCOc1ccc(S(=O)(=O)Nc2ccc(C(=O)NNC(=O)[C@@H]3CCO3)cc2)cc1. The molecule has 3 N–H and O–H groups in total. The molecule has 2 amide bonds. The molecule has 154 valence electrons. The van der Waals surface area contributed by atoms with Crippen LogP contribution in [-0.4, -0.2) is 39.5 Å². The van der Waals surface area contributed by atoms with Crippen LogP contribution in [0.1, 0.15) is 23.7 Å². The molecular formula is C19H21N3O6S. The number of rotatable bonds is 7. The van der Waals surface area contributed by atoms with E-state index in [1.54, 1.807) is 12.1 Å². The van der Waals surface area contributed by atoms with Gasteiger partial charge in [-0.3, -0.25) is 25.2 Å². The van der Waals surface area contributed by atoms with Crippen molar-refractivity contribution in [1.82, 2.24) is 10.9 Å². The molecule has 1 atom stereocenters. The van der Waals surface area contributed by atoms with E-state index in [1.807, 2.05) is 6.92 Å². The number of hydrogen-bond donors (Lipinski definition) is 3. The number of amides is 2. The van der Waals surface area contributed by atoms with Crippen molar-refractivity contribution in [3.05, 3.63) is 54.1 Å². The predicted octanol–water partition coefficient (Wildman–Crippen LogP) is 1.44. The maximum atomic E-state index is 12.5. The van der Waals surface area contributed by atoms with E-state index in [-0.39, 0.29) is 10.5 Å². The molecule has 1 aliphatic rings. The first kappa shape index (κ1) is 20.6. The number of carbonyl (C=O) groups excluding carboxylic acids is 2. The minimum Gasteiger partial charge on any atom is -0.494 e. The van der Waals surface area contributed by atoms with Gasteiger partial charge in [0, 0.05) is 17.7 Å². The third-order valence-corrected chi connectivity index (χ3v) is 5.53. The highest BCUT2D eigenvalue weighted by atomic mass is 32.2. The van der Waals surface area contributed by atoms with Crippen LogP contribution in [0.25, 0.3) is 0 Å². The fourth-order valence-electron chi connectivity index (χ4n) is 2.50. The molecular weight excluding hydrogens is 398 g/mol. The summed E-state index contributed by atoms with van der Waals surface area (Å²) in [5, 5.41) is 0. The summed E-state index contributed by atoms with van der Waals surface area (Å²) >= 11 is 0. The van der Waals surface area contributed by atoms with Gasteiger partial charge in [-0.1, -0.05) is 0 Å². The molecule has 0 aliphatic carbocycles. The van der Waals surface area contributed by atoms with Crippen molar-refractivity contribution in [2.75, 3.05) is 17.9 Å². The van der Waals surface area contributed by atoms with Crippen LogP contribution in [0.3, 0.4) is 0 Å². The highest BCUT2D eigenvalue weighted by Gasteiger charge is 2.26. The minimum absolute atomic E-state index is 0.0868. The second-order valence-electron chi connectivity index (χ2n) is 6.18. The average molecular weight is 419 g/mol. The van der Waals surface area contributed by atoms with Crippen LogP contribution in [0, 0.1) is 0 Å². The quantitative estimate of drug-likeness (QED) is 0.584. The zero-order valence-electron chi connectivity index (χ0n) is 15.7. The molecule has 29 heavy (non-hydrogen) atoms. The second-order valence-corrected chi connectivity index (χ2v) is 7.86. The lowest BCUT2D eigenvalue weighted by Gasteiger charge is -2.24. The van der Waals surface area contributed by atoms with E-state index in [0.29, 0.717) is 31.1 Å². The highest BCUT2D eigenvalue weighted by Crippen LogP contribution is 2.19. The van der Waals surface area contributed by atoms with Crippen LogP contribution >= 0.6 is 0 Å². The van der Waals surface area contributed by atoms with E-state index in [2.05, 4.69) is 15.6 Å². The topological polar surface area (TPSA) is 123 Å². The Morgan fingerprint density at radius 2 is 1.72 bits per heavy atom. The van der Waals surface area contributed by atoms with Crippen molar-refractivity contribution >= 4 is 27.5 Å². The lowest BCUT2D eigenvalue weighted by molar-refractivity contribution is -0.145. The fourth-order valence-corrected chi connectivity index (χ4v) is 3.56. The molecule has 0 aromatic heterocycles. The first-order valence-electron chi connectivity index (χ1n) is 8.96. The van der Waals surface area contributed by atoms with E-state index in [0.717, 1.165) is 0 Å². The van der Waals surface area contributed by atoms with Crippen LogP contribution in [0.4, 0.5) is 5.69 Å². The van der Waals surface area contributed by atoms with Gasteiger partial charge in [-0.25, -0.2) is 8.42 Å². The zero-order valence-corrected chi connectivity index (χ0v) is 16.5. The van der Waals surface area contributed by atoms with Crippen molar-refractivity contribution in [1.29, 1.82) is 0 Å². The van der Waals surface area contributed by atoms with Gasteiger partial charge in [0.2, 0.25) is 0 Å². The summed E-state index contributed by atoms with van der Waals surface area (Å²) in [6, 6.07) is 11.8. The molecule has 0 bridgehead atoms. The summed E-state index contributed by atoms with van der Waals surface area (Å²) in [6.45, 7) is 2.86. The van der Waals surface area contributed by atoms with Crippen LogP contribution < -0.4 is 20.3 Å². The molecule has 0 radical (unpaired) electrons. The minimum atomic E-state index is -3.78. The maximum absolute atomic E-state index is 12.5. The zero-order chi connectivity index (χ0) is 20.9. The standard InChI is InChI=1S/C19H21N3O6S/c1-2-27-15-7-9-16(10-8-15)29(25,26)22-14-5-3-13(4-6-14)18(23)20-21-19(24)17-11-12-28-17/h3-10,17,22H,2,11-12H2,1H3,(H,20,23)(H,21,24)/t17-/m0/s1. The van der Waals surface area contributed by atoms with Gasteiger partial charge in [0.25, 0.3) is 21.8 Å². The molecule has 2 aromatic rings. The largest absolute Gasteiger partial charge is 0.494 e. The van der Waals surface area contributed by atoms with E-state index in [1.165, 1.54) is 36.4 Å². The van der Waals surface area contributed by atoms with Gasteiger partial charge in [-0.2, -0.15) is 0 Å². The van der Waals surface area contributed by atoms with E-state index < -0.39 is 27.9 Å². The second kappa shape index (κ2) is 8.93. The van der Waals surface area contributed by atoms with Crippen molar-refractivity contribution < 1.29 is 27.5 Å². The molecule has 0 saturated carbocycles. The first-order valence-corrected chi connectivity index (χ1v) is 10.4. The molecule has 3 rings (SSSR count). The Morgan fingerprint density at radius 1 is 1.07 bits per heavy atom. The van der Waals surface area contributed by atoms with E-state index in [9.17, 15) is 18.0 Å². The maximum Gasteiger partial charge on any atom is 0.269 e. The summed E-state index contributed by atoms with van der Waals surface area (Å²) in [5.41, 5.74) is 5.12. The Hall–Kier alpha value is -3.11. The van der Waals surface area contributed by atoms with E-state index >= 15 is 0 Å². The van der Waals surface area contributed by atoms with Gasteiger partial charge in [-0.05, 0) is 55.5 Å². The summed E-state index contributed by atoms with van der Waals surface area (Å²) in [7, 11) is -3.78. The number of nitrogens with one attached hydrogen (secondary N) is 3. The lowest BCUT2D eigenvalue weighted by atomic mass is 10.2. The van der Waals surface area contributed by atoms with Gasteiger partial charge in [-0.15, -0.1) is 0 Å². The van der Waals surface area contributed by atoms with Gasteiger partial charge in [0.15, 0.2) is 0 Å². The van der Waals surface area contributed by atoms with Crippen LogP contribution in [0.15, 0.2) is 53.4 Å². The number of anilines is 1. The van der Waals surface area contributed by atoms with Crippen molar-refractivity contribution in [3.63, 3.8) is 0 Å². The fraction of sp³-hybridized carbons (Fsp3) is 0.263. The summed E-state index contributed by atoms with van der Waals surface area (Å²) < 4.78 is 37.7. The number of carbonyl (C=O) groups is 2. The summed E-state index contributed by atoms with van der Waals surface area (Å²) in [6.07, 6.45) is 0.0833. The average Bonchev–Trinajstić information content (AvgIpc) is 2.66. The predicted molar refractivity (Wildman–Crippen MR) is 105 cm³/mol. The molecule has 1 heterocycles. The molecule has 1 aliphatic heterocycles. The van der Waals surface area contributed by atoms with Gasteiger partial charge in [0.05, 0.1) is 18.1 Å². The summed E-state index contributed by atoms with van der Waals surface area (Å²) in [4.78, 5) is 23.8. The molecule has 10 heteroatoms. The highest BCUT2D eigenvalue weighted by molar-refractivity contribution is 7.92. The van der Waals surface area contributed by atoms with Crippen LogP contribution in [0.2, 0.25) is 0 Å². The number of sulfonamides is 1. The number of hydrazine groups is 1. The Labute approximate surface area is 168 Å². The lowest BCUT2D eigenvalue weighted by Crippen LogP contribution is -2.50. The molecule has 9 nitrogen and oxygen atoms in total. The van der Waals surface area contributed by atoms with Crippen molar-refractivity contribution in [3.8, 4) is 5.75 Å². The third-order valence-electron chi connectivity index (χ3n) is 4.14. The smallest absolute Gasteiger partial charge is 0.269 e. The molecule has 1 saturated heterocycles. The van der Waals surface area contributed by atoms with E-state index in [4.69, 9.17) is 9.47 Å². The van der Waals surface area contributed by atoms with Gasteiger partial charge < -0.3 is 9.47 Å². The monoisotopic (exact) mass is 419 g/mol. The number of ether oxygens (including phenoxy) is 2. The van der Waals surface area contributed by atoms with Crippen LogP contribution in [0.5, 0.6) is 5.75 Å².